The third-order valence-corrected chi connectivity index (χ3v) is 2.02. The highest BCUT2D eigenvalue weighted by atomic mass is 15.5. The Balaban J connectivity index is 2.64. The van der Waals surface area contributed by atoms with Gasteiger partial charge in [-0.05, 0) is 35.4 Å². The predicted molar refractivity (Wildman–Crippen MR) is 48.6 cm³/mol. The first-order chi connectivity index (χ1) is 6.29. The summed E-state index contributed by atoms with van der Waals surface area (Å²) in [5, 5.41) is 11.1. The summed E-state index contributed by atoms with van der Waals surface area (Å²) in [6.45, 7) is 4.09. The van der Waals surface area contributed by atoms with Gasteiger partial charge in [0.25, 0.3) is 0 Å². The molecule has 2 aromatic rings. The highest BCUT2D eigenvalue weighted by molar-refractivity contribution is 5.45. The van der Waals surface area contributed by atoms with Gasteiger partial charge in [-0.15, -0.1) is 5.10 Å². The van der Waals surface area contributed by atoms with Crippen molar-refractivity contribution in [3.05, 3.63) is 35.7 Å². The van der Waals surface area contributed by atoms with Gasteiger partial charge in [0.2, 0.25) is 0 Å². The van der Waals surface area contributed by atoms with Crippen LogP contribution in [0.25, 0.3) is 5.69 Å². The average molecular weight is 174 g/mol. The molecule has 1 aromatic carbocycles. The van der Waals surface area contributed by atoms with Crippen molar-refractivity contribution < 1.29 is 0 Å². The highest BCUT2D eigenvalue weighted by Gasteiger charge is 2.04. The molecule has 0 aliphatic heterocycles. The first kappa shape index (κ1) is 7.91. The molecule has 0 spiro atoms. The Morgan fingerprint density at radius 1 is 1.15 bits per heavy atom. The molecule has 0 saturated heterocycles. The number of hydrogen-bond acceptors (Lipinski definition) is 3. The van der Waals surface area contributed by atoms with Gasteiger partial charge >= 0.3 is 0 Å². The molecule has 0 fully saturated rings. The maximum atomic E-state index is 3.86. The summed E-state index contributed by atoms with van der Waals surface area (Å²) in [6.07, 6.45) is 1.61. The molecular weight excluding hydrogens is 164 g/mol. The molecule has 0 N–H and O–H groups in total. The lowest BCUT2D eigenvalue weighted by Gasteiger charge is -2.06. The lowest BCUT2D eigenvalue weighted by atomic mass is 10.1. The molecule has 0 amide bonds. The standard InChI is InChI=1S/C9H10N4/c1-7-4-3-5-8(2)9(7)13-6-10-11-12-13/h3-6H,1-2H3. The van der Waals surface area contributed by atoms with Crippen LogP contribution in [0, 0.1) is 13.8 Å². The smallest absolute Gasteiger partial charge is 0.143 e. The number of benzene rings is 1. The fraction of sp³-hybridized carbons (Fsp3) is 0.222. The molecule has 0 saturated carbocycles. The minimum atomic E-state index is 1.06. The van der Waals surface area contributed by atoms with Crippen LogP contribution in [0.2, 0.25) is 0 Å². The van der Waals surface area contributed by atoms with Crippen molar-refractivity contribution >= 4 is 0 Å². The van der Waals surface area contributed by atoms with Crippen molar-refractivity contribution in [2.45, 2.75) is 13.8 Å². The fourth-order valence-electron chi connectivity index (χ4n) is 1.43. The molecular formula is C9H10N4. The Bertz CT molecular complexity index is 385. The van der Waals surface area contributed by atoms with Crippen molar-refractivity contribution in [1.29, 1.82) is 0 Å². The Kier molecular flexibility index (Phi) is 1.81. The minimum Gasteiger partial charge on any atom is -0.200 e. The zero-order valence-corrected chi connectivity index (χ0v) is 7.60. The van der Waals surface area contributed by atoms with Gasteiger partial charge in [-0.3, -0.25) is 0 Å². The molecule has 4 heteroatoms. The fourth-order valence-corrected chi connectivity index (χ4v) is 1.43. The number of rotatable bonds is 1. The van der Waals surface area contributed by atoms with Gasteiger partial charge in [-0.2, -0.15) is 0 Å². The maximum Gasteiger partial charge on any atom is 0.143 e. The van der Waals surface area contributed by atoms with E-state index in [-0.39, 0.29) is 0 Å². The molecule has 1 aromatic heterocycles. The Morgan fingerprint density at radius 2 is 1.85 bits per heavy atom. The summed E-state index contributed by atoms with van der Waals surface area (Å²) >= 11 is 0. The van der Waals surface area contributed by atoms with Gasteiger partial charge in [0.1, 0.15) is 6.33 Å². The van der Waals surface area contributed by atoms with E-state index in [1.54, 1.807) is 11.0 Å². The zero-order chi connectivity index (χ0) is 9.26. The Labute approximate surface area is 76.2 Å². The van der Waals surface area contributed by atoms with Crippen LogP contribution in [-0.2, 0) is 0 Å². The van der Waals surface area contributed by atoms with Crippen LogP contribution in [-0.4, -0.2) is 20.2 Å². The van der Waals surface area contributed by atoms with Gasteiger partial charge in [0, 0.05) is 0 Å². The normalized spacial score (nSPS) is 10.3. The van der Waals surface area contributed by atoms with Crippen LogP contribution in [0.4, 0.5) is 0 Å². The van der Waals surface area contributed by atoms with Crippen LogP contribution in [0.5, 0.6) is 0 Å². The van der Waals surface area contributed by atoms with E-state index < -0.39 is 0 Å². The topological polar surface area (TPSA) is 43.6 Å². The molecule has 0 radical (unpaired) electrons. The first-order valence-electron chi connectivity index (χ1n) is 4.08. The van der Waals surface area contributed by atoms with Crippen LogP contribution in [0.1, 0.15) is 11.1 Å². The number of hydrogen-bond donors (Lipinski definition) is 0. The molecule has 4 nitrogen and oxygen atoms in total. The summed E-state index contributed by atoms with van der Waals surface area (Å²) in [6, 6.07) is 6.12. The molecule has 66 valence electrons. The van der Waals surface area contributed by atoms with Crippen molar-refractivity contribution in [2.75, 3.05) is 0 Å². The summed E-state index contributed by atoms with van der Waals surface area (Å²) < 4.78 is 1.69. The lowest BCUT2D eigenvalue weighted by molar-refractivity contribution is 0.781. The van der Waals surface area contributed by atoms with E-state index >= 15 is 0 Å². The maximum absolute atomic E-state index is 3.86. The summed E-state index contributed by atoms with van der Waals surface area (Å²) in [5.74, 6) is 0. The molecule has 1 heterocycles. The summed E-state index contributed by atoms with van der Waals surface area (Å²) in [7, 11) is 0. The van der Waals surface area contributed by atoms with Crippen LogP contribution < -0.4 is 0 Å². The molecule has 0 unspecified atom stereocenters. The summed E-state index contributed by atoms with van der Waals surface area (Å²) in [4.78, 5) is 0. The first-order valence-corrected chi connectivity index (χ1v) is 4.08. The molecule has 0 aliphatic carbocycles. The quantitative estimate of drug-likeness (QED) is 0.654. The van der Waals surface area contributed by atoms with E-state index in [0.29, 0.717) is 0 Å². The Hall–Kier alpha value is -1.71. The van der Waals surface area contributed by atoms with Gasteiger partial charge < -0.3 is 0 Å². The number of para-hydroxylation sites is 1. The monoisotopic (exact) mass is 174 g/mol. The second-order valence-electron chi connectivity index (χ2n) is 2.99. The van der Waals surface area contributed by atoms with Crippen LogP contribution in [0.3, 0.4) is 0 Å². The second-order valence-corrected chi connectivity index (χ2v) is 2.99. The largest absolute Gasteiger partial charge is 0.200 e. The minimum absolute atomic E-state index is 1.06. The SMILES string of the molecule is Cc1cccc(C)c1-n1cnnn1. The third kappa shape index (κ3) is 1.30. The Morgan fingerprint density at radius 3 is 2.38 bits per heavy atom. The van der Waals surface area contributed by atoms with Gasteiger partial charge in [-0.25, -0.2) is 4.68 Å². The van der Waals surface area contributed by atoms with E-state index in [1.165, 1.54) is 11.1 Å². The molecule has 13 heavy (non-hydrogen) atoms. The number of aromatic nitrogens is 4. The van der Waals surface area contributed by atoms with E-state index in [9.17, 15) is 0 Å². The van der Waals surface area contributed by atoms with Crippen molar-refractivity contribution in [3.63, 3.8) is 0 Å². The van der Waals surface area contributed by atoms with Gasteiger partial charge in [-0.1, -0.05) is 18.2 Å². The molecule has 0 aliphatic rings. The van der Waals surface area contributed by atoms with E-state index in [4.69, 9.17) is 0 Å². The molecule has 0 bridgehead atoms. The van der Waals surface area contributed by atoms with Crippen LogP contribution in [0.15, 0.2) is 24.5 Å². The van der Waals surface area contributed by atoms with E-state index in [1.807, 2.05) is 32.0 Å². The number of aryl methyl sites for hydroxylation is 2. The third-order valence-electron chi connectivity index (χ3n) is 2.02. The van der Waals surface area contributed by atoms with Crippen LogP contribution >= 0.6 is 0 Å². The predicted octanol–water partition coefficient (Wildman–Crippen LogP) is 1.28. The zero-order valence-electron chi connectivity index (χ0n) is 7.60. The van der Waals surface area contributed by atoms with E-state index in [0.717, 1.165) is 5.69 Å². The summed E-state index contributed by atoms with van der Waals surface area (Å²) in [5.41, 5.74) is 3.41. The molecule has 2 rings (SSSR count). The van der Waals surface area contributed by atoms with Crippen molar-refractivity contribution in [1.82, 2.24) is 20.2 Å². The number of nitrogens with zero attached hydrogens (tertiary/aromatic N) is 4. The average Bonchev–Trinajstić information content (AvgIpc) is 2.57. The van der Waals surface area contributed by atoms with E-state index in [2.05, 4.69) is 15.5 Å². The van der Waals surface area contributed by atoms with Gasteiger partial charge in [0.15, 0.2) is 0 Å². The molecule has 0 atom stereocenters. The van der Waals surface area contributed by atoms with Crippen molar-refractivity contribution in [3.8, 4) is 5.69 Å². The number of tetrazole rings is 1. The van der Waals surface area contributed by atoms with Crippen molar-refractivity contribution in [2.24, 2.45) is 0 Å². The van der Waals surface area contributed by atoms with Gasteiger partial charge in [0.05, 0.1) is 5.69 Å². The lowest BCUT2D eigenvalue weighted by Crippen LogP contribution is -2.00. The second kappa shape index (κ2) is 2.97. The highest BCUT2D eigenvalue weighted by Crippen LogP contribution is 2.16.